The monoisotopic (exact) mass is 335 g/mol. The average molecular weight is 335 g/mol. The number of ether oxygens (including phenoxy) is 2. The molecule has 0 spiro atoms. The molecule has 0 aliphatic carbocycles. The van der Waals surface area contributed by atoms with Crippen molar-refractivity contribution in [1.29, 1.82) is 0 Å². The highest BCUT2D eigenvalue weighted by Gasteiger charge is 2.13. The van der Waals surface area contributed by atoms with Crippen LogP contribution < -0.4 is 9.64 Å². The van der Waals surface area contributed by atoms with Gasteiger partial charge in [-0.25, -0.2) is 4.98 Å². The lowest BCUT2D eigenvalue weighted by Crippen LogP contribution is -2.36. The van der Waals surface area contributed by atoms with Crippen molar-refractivity contribution in [3.8, 4) is 17.0 Å². The van der Waals surface area contributed by atoms with Gasteiger partial charge in [0.1, 0.15) is 5.75 Å². The summed E-state index contributed by atoms with van der Waals surface area (Å²) in [5.41, 5.74) is 5.31. The van der Waals surface area contributed by atoms with Gasteiger partial charge in [-0.3, -0.25) is 4.98 Å². The van der Waals surface area contributed by atoms with Crippen LogP contribution in [-0.2, 0) is 4.74 Å². The van der Waals surface area contributed by atoms with Crippen molar-refractivity contribution < 1.29 is 9.47 Å². The first-order valence-corrected chi connectivity index (χ1v) is 8.48. The summed E-state index contributed by atoms with van der Waals surface area (Å²) < 4.78 is 10.7. The minimum absolute atomic E-state index is 0.736. The van der Waals surface area contributed by atoms with Gasteiger partial charge in [0.2, 0.25) is 0 Å². The van der Waals surface area contributed by atoms with Crippen LogP contribution in [0.25, 0.3) is 22.2 Å². The quantitative estimate of drug-likeness (QED) is 0.734. The van der Waals surface area contributed by atoms with Gasteiger partial charge in [-0.05, 0) is 42.8 Å². The summed E-state index contributed by atoms with van der Waals surface area (Å²) >= 11 is 0. The normalized spacial score (nSPS) is 14.7. The first-order valence-electron chi connectivity index (χ1n) is 8.48. The Labute approximate surface area is 147 Å². The summed E-state index contributed by atoms with van der Waals surface area (Å²) in [4.78, 5) is 11.4. The van der Waals surface area contributed by atoms with Gasteiger partial charge in [-0.2, -0.15) is 0 Å². The van der Waals surface area contributed by atoms with Gasteiger partial charge in [0.25, 0.3) is 0 Å². The number of hydrogen-bond acceptors (Lipinski definition) is 5. The minimum Gasteiger partial charge on any atom is -0.495 e. The van der Waals surface area contributed by atoms with Crippen molar-refractivity contribution in [3.05, 3.63) is 48.3 Å². The summed E-state index contributed by atoms with van der Waals surface area (Å²) in [6, 6.07) is 10.6. The molecule has 25 heavy (non-hydrogen) atoms. The highest BCUT2D eigenvalue weighted by molar-refractivity contribution is 5.88. The average Bonchev–Trinajstić information content (AvgIpc) is 2.68. The van der Waals surface area contributed by atoms with Crippen LogP contribution in [0.5, 0.6) is 5.75 Å². The maximum Gasteiger partial charge on any atom is 0.137 e. The second-order valence-corrected chi connectivity index (χ2v) is 6.24. The third-order valence-corrected chi connectivity index (χ3v) is 4.62. The molecule has 1 saturated heterocycles. The van der Waals surface area contributed by atoms with E-state index in [4.69, 9.17) is 14.5 Å². The van der Waals surface area contributed by atoms with Crippen LogP contribution in [0.4, 0.5) is 5.69 Å². The fourth-order valence-corrected chi connectivity index (χ4v) is 3.22. The maximum absolute atomic E-state index is 5.45. The van der Waals surface area contributed by atoms with Gasteiger partial charge in [0.15, 0.2) is 0 Å². The molecule has 0 unspecified atom stereocenters. The van der Waals surface area contributed by atoms with Gasteiger partial charge in [-0.1, -0.05) is 0 Å². The molecular formula is C20H21N3O2. The number of hydrogen-bond donors (Lipinski definition) is 0. The number of aromatic nitrogens is 2. The molecule has 4 rings (SSSR count). The zero-order chi connectivity index (χ0) is 17.2. The summed E-state index contributed by atoms with van der Waals surface area (Å²) in [5, 5.41) is 1.18. The smallest absolute Gasteiger partial charge is 0.137 e. The van der Waals surface area contributed by atoms with Crippen LogP contribution in [0.3, 0.4) is 0 Å². The second kappa shape index (κ2) is 6.69. The maximum atomic E-state index is 5.45. The molecule has 1 fully saturated rings. The van der Waals surface area contributed by atoms with Crippen LogP contribution in [0.1, 0.15) is 5.56 Å². The van der Waals surface area contributed by atoms with E-state index in [1.807, 2.05) is 12.3 Å². The summed E-state index contributed by atoms with van der Waals surface area (Å²) in [7, 11) is 1.65. The Morgan fingerprint density at radius 2 is 1.92 bits per heavy atom. The lowest BCUT2D eigenvalue weighted by Gasteiger charge is -2.29. The van der Waals surface area contributed by atoms with Gasteiger partial charge in [0.05, 0.1) is 37.7 Å². The van der Waals surface area contributed by atoms with E-state index in [0.29, 0.717) is 0 Å². The number of morpholine rings is 1. The van der Waals surface area contributed by atoms with Crippen LogP contribution in [-0.4, -0.2) is 43.4 Å². The van der Waals surface area contributed by atoms with Crippen LogP contribution in [0.15, 0.2) is 42.7 Å². The van der Waals surface area contributed by atoms with E-state index >= 15 is 0 Å². The minimum atomic E-state index is 0.736. The Balaban J connectivity index is 1.74. The van der Waals surface area contributed by atoms with E-state index in [2.05, 4.69) is 41.1 Å². The molecule has 0 amide bonds. The molecule has 128 valence electrons. The molecule has 5 heteroatoms. The van der Waals surface area contributed by atoms with Gasteiger partial charge in [0, 0.05) is 35.9 Å². The standard InChI is InChI=1S/C20H21N3O2/c1-14-9-20(15-10-17(24-2)13-21-12-15)22-19-4-3-16(11-18(14)19)23-5-7-25-8-6-23/h3-4,9-13H,5-8H2,1-2H3. The number of benzene rings is 1. The topological polar surface area (TPSA) is 47.5 Å². The van der Waals surface area contributed by atoms with Crippen molar-refractivity contribution in [2.24, 2.45) is 0 Å². The van der Waals surface area contributed by atoms with Crippen molar-refractivity contribution in [2.45, 2.75) is 6.92 Å². The molecule has 0 bridgehead atoms. The predicted molar refractivity (Wildman–Crippen MR) is 99.3 cm³/mol. The van der Waals surface area contributed by atoms with E-state index in [0.717, 1.165) is 48.8 Å². The zero-order valence-corrected chi connectivity index (χ0v) is 14.5. The predicted octanol–water partition coefficient (Wildman–Crippen LogP) is 3.45. The summed E-state index contributed by atoms with van der Waals surface area (Å²) in [6.07, 6.45) is 3.52. The van der Waals surface area contributed by atoms with Gasteiger partial charge in [-0.15, -0.1) is 0 Å². The lowest BCUT2D eigenvalue weighted by atomic mass is 10.0. The third-order valence-electron chi connectivity index (χ3n) is 4.62. The van der Waals surface area contributed by atoms with E-state index in [1.165, 1.54) is 16.6 Å². The zero-order valence-electron chi connectivity index (χ0n) is 14.5. The Bertz CT molecular complexity index is 905. The Hall–Kier alpha value is -2.66. The molecule has 1 aliphatic rings. The molecule has 0 N–H and O–H groups in total. The van der Waals surface area contributed by atoms with Crippen molar-refractivity contribution in [3.63, 3.8) is 0 Å². The van der Waals surface area contributed by atoms with Crippen molar-refractivity contribution in [2.75, 3.05) is 38.3 Å². The van der Waals surface area contributed by atoms with Crippen molar-refractivity contribution in [1.82, 2.24) is 9.97 Å². The second-order valence-electron chi connectivity index (χ2n) is 6.24. The van der Waals surface area contributed by atoms with E-state index in [1.54, 1.807) is 13.3 Å². The molecule has 1 aromatic carbocycles. The van der Waals surface area contributed by atoms with E-state index in [-0.39, 0.29) is 0 Å². The molecule has 1 aliphatic heterocycles. The number of fused-ring (bicyclic) bond motifs is 1. The lowest BCUT2D eigenvalue weighted by molar-refractivity contribution is 0.122. The molecule has 0 radical (unpaired) electrons. The van der Waals surface area contributed by atoms with Crippen LogP contribution in [0.2, 0.25) is 0 Å². The Morgan fingerprint density at radius 1 is 1.08 bits per heavy atom. The number of pyridine rings is 2. The summed E-state index contributed by atoms with van der Waals surface area (Å²) in [6.45, 7) is 5.58. The summed E-state index contributed by atoms with van der Waals surface area (Å²) in [5.74, 6) is 0.736. The molecule has 0 atom stereocenters. The van der Waals surface area contributed by atoms with Crippen LogP contribution in [0, 0.1) is 6.92 Å². The van der Waals surface area contributed by atoms with Crippen molar-refractivity contribution >= 4 is 16.6 Å². The van der Waals surface area contributed by atoms with Crippen LogP contribution >= 0.6 is 0 Å². The Kier molecular flexibility index (Phi) is 4.24. The van der Waals surface area contributed by atoms with Gasteiger partial charge < -0.3 is 14.4 Å². The van der Waals surface area contributed by atoms with E-state index < -0.39 is 0 Å². The number of nitrogens with zero attached hydrogens (tertiary/aromatic N) is 3. The number of aryl methyl sites for hydroxylation is 1. The highest BCUT2D eigenvalue weighted by atomic mass is 16.5. The molecule has 3 aromatic rings. The molecule has 5 nitrogen and oxygen atoms in total. The Morgan fingerprint density at radius 3 is 2.72 bits per heavy atom. The number of rotatable bonds is 3. The fraction of sp³-hybridized carbons (Fsp3) is 0.300. The number of methoxy groups -OCH3 is 1. The van der Waals surface area contributed by atoms with E-state index in [9.17, 15) is 0 Å². The SMILES string of the molecule is COc1cncc(-c2cc(C)c3cc(N4CCOCC4)ccc3n2)c1. The third kappa shape index (κ3) is 3.15. The molecule has 2 aromatic heterocycles. The highest BCUT2D eigenvalue weighted by Crippen LogP contribution is 2.29. The molecular weight excluding hydrogens is 314 g/mol. The first kappa shape index (κ1) is 15.8. The molecule has 0 saturated carbocycles. The molecule has 3 heterocycles. The number of anilines is 1. The first-order chi connectivity index (χ1) is 12.2. The largest absolute Gasteiger partial charge is 0.495 e. The fourth-order valence-electron chi connectivity index (χ4n) is 3.22. The van der Waals surface area contributed by atoms with Gasteiger partial charge >= 0.3 is 0 Å².